The molecule has 52 heavy (non-hydrogen) atoms. The van der Waals surface area contributed by atoms with E-state index in [1.807, 2.05) is 13.8 Å². The molecule has 0 N–H and O–H groups in total. The Morgan fingerprint density at radius 2 is 1.17 bits per heavy atom. The number of carbonyl (C=O) groups excluding carboxylic acids is 2. The summed E-state index contributed by atoms with van der Waals surface area (Å²) in [5.41, 5.74) is 4.67. The topological polar surface area (TPSA) is 138 Å². The molecule has 10 nitrogen and oxygen atoms in total. The van der Waals surface area contributed by atoms with Gasteiger partial charge in [-0.05, 0) is 96.9 Å². The standard InChI is InChI=1S/C21H16FN3O2.C19H12FN3O2/c1-21(2)10-16-15(17(26)11-21)7-5-14(24-16)6-8-18-25-20(22)19(27-18)13-4-3-9-23-12-13;20-19-18(12-3-2-10-21-11-12)25-17(23-19)9-7-13-6-8-14-15(22-13)4-1-5-16(14)24/h3-5,7,9,12H,10-11H2,1-2H3;2-3,6,8,10-11H,1,4-5H2. The van der Waals surface area contributed by atoms with Gasteiger partial charge in [-0.25, -0.2) is 9.97 Å². The lowest BCUT2D eigenvalue weighted by molar-refractivity contribution is 0.0909. The molecule has 0 unspecified atom stereocenters. The van der Waals surface area contributed by atoms with E-state index >= 15 is 0 Å². The fourth-order valence-corrected chi connectivity index (χ4v) is 5.87. The van der Waals surface area contributed by atoms with Gasteiger partial charge in [-0.1, -0.05) is 13.8 Å². The quantitative estimate of drug-likeness (QED) is 0.174. The molecule has 0 aromatic carbocycles. The zero-order valence-corrected chi connectivity index (χ0v) is 28.0. The van der Waals surface area contributed by atoms with E-state index in [0.717, 1.165) is 24.2 Å². The average molecular weight is 695 g/mol. The Hall–Kier alpha value is -6.66. The largest absolute Gasteiger partial charge is 0.427 e. The first-order valence-corrected chi connectivity index (χ1v) is 16.4. The van der Waals surface area contributed by atoms with Crippen LogP contribution < -0.4 is 0 Å². The summed E-state index contributed by atoms with van der Waals surface area (Å²) >= 11 is 0. The minimum absolute atomic E-state index is 0.00129. The van der Waals surface area contributed by atoms with Crippen LogP contribution in [0.25, 0.3) is 22.6 Å². The fraction of sp³-hybridized carbons (Fsp3) is 0.200. The first-order valence-electron chi connectivity index (χ1n) is 16.4. The molecule has 6 aromatic rings. The number of halogens is 2. The lowest BCUT2D eigenvalue weighted by atomic mass is 9.75. The van der Waals surface area contributed by atoms with Gasteiger partial charge in [0, 0.05) is 59.9 Å². The molecule has 2 aliphatic carbocycles. The Morgan fingerprint density at radius 1 is 0.635 bits per heavy atom. The summed E-state index contributed by atoms with van der Waals surface area (Å²) in [6.45, 7) is 4.09. The molecule has 0 bridgehead atoms. The summed E-state index contributed by atoms with van der Waals surface area (Å²) < 4.78 is 38.7. The number of ketones is 2. The highest BCUT2D eigenvalue weighted by atomic mass is 19.1. The maximum atomic E-state index is 14.0. The highest BCUT2D eigenvalue weighted by Crippen LogP contribution is 2.34. The molecular weight excluding hydrogens is 666 g/mol. The molecule has 6 aromatic heterocycles. The Labute approximate surface area is 296 Å². The van der Waals surface area contributed by atoms with E-state index < -0.39 is 11.9 Å². The van der Waals surface area contributed by atoms with Crippen LogP contribution in [-0.4, -0.2) is 41.5 Å². The molecule has 0 atom stereocenters. The van der Waals surface area contributed by atoms with Crippen molar-refractivity contribution in [2.24, 2.45) is 5.41 Å². The molecule has 0 amide bonds. The lowest BCUT2D eigenvalue weighted by Gasteiger charge is -2.29. The van der Waals surface area contributed by atoms with Gasteiger partial charge in [0.25, 0.3) is 23.7 Å². The van der Waals surface area contributed by atoms with Crippen LogP contribution in [0.15, 0.2) is 82.2 Å². The molecule has 2 aliphatic rings. The van der Waals surface area contributed by atoms with E-state index in [1.54, 1.807) is 60.9 Å². The molecule has 0 radical (unpaired) electrons. The van der Waals surface area contributed by atoms with Crippen LogP contribution in [0, 0.1) is 41.0 Å². The number of fused-ring (bicyclic) bond motifs is 2. The second-order valence-corrected chi connectivity index (χ2v) is 12.9. The van der Waals surface area contributed by atoms with Gasteiger partial charge in [0.05, 0.1) is 11.4 Å². The number of aryl methyl sites for hydroxylation is 1. The van der Waals surface area contributed by atoms with Crippen molar-refractivity contribution in [1.29, 1.82) is 0 Å². The summed E-state index contributed by atoms with van der Waals surface area (Å²) in [6.07, 6.45) is 9.50. The van der Waals surface area contributed by atoms with Gasteiger partial charge < -0.3 is 8.83 Å². The molecule has 12 heteroatoms. The summed E-state index contributed by atoms with van der Waals surface area (Å²) in [4.78, 5) is 48.2. The van der Waals surface area contributed by atoms with Crippen molar-refractivity contribution in [3.05, 3.63) is 131 Å². The van der Waals surface area contributed by atoms with Crippen molar-refractivity contribution < 1.29 is 27.2 Å². The van der Waals surface area contributed by atoms with Crippen LogP contribution >= 0.6 is 0 Å². The predicted molar refractivity (Wildman–Crippen MR) is 184 cm³/mol. The van der Waals surface area contributed by atoms with Gasteiger partial charge in [0.2, 0.25) is 0 Å². The summed E-state index contributed by atoms with van der Waals surface area (Å²) in [6, 6.07) is 13.6. The van der Waals surface area contributed by atoms with E-state index in [9.17, 15) is 18.4 Å². The van der Waals surface area contributed by atoms with Crippen molar-refractivity contribution in [2.75, 3.05) is 0 Å². The smallest absolute Gasteiger partial charge is 0.276 e. The third-order valence-corrected chi connectivity index (χ3v) is 8.27. The Balaban J connectivity index is 0.000000162. The van der Waals surface area contributed by atoms with Crippen LogP contribution in [0.2, 0.25) is 0 Å². The number of nitrogens with zero attached hydrogens (tertiary/aromatic N) is 6. The second-order valence-electron chi connectivity index (χ2n) is 12.9. The Kier molecular flexibility index (Phi) is 9.29. The minimum Gasteiger partial charge on any atom is -0.427 e. The van der Waals surface area contributed by atoms with E-state index in [2.05, 4.69) is 53.6 Å². The molecular formula is C40H28F2N6O4. The summed E-state index contributed by atoms with van der Waals surface area (Å²) in [7, 11) is 0. The molecule has 0 spiro atoms. The van der Waals surface area contributed by atoms with Crippen molar-refractivity contribution in [2.45, 2.75) is 46.0 Å². The van der Waals surface area contributed by atoms with Crippen LogP contribution in [-0.2, 0) is 12.8 Å². The number of rotatable bonds is 2. The number of hydrogen-bond donors (Lipinski definition) is 0. The van der Waals surface area contributed by atoms with Crippen molar-refractivity contribution in [3.63, 3.8) is 0 Å². The van der Waals surface area contributed by atoms with E-state index in [-0.39, 0.29) is 40.3 Å². The van der Waals surface area contributed by atoms with Gasteiger partial charge >= 0.3 is 0 Å². The molecule has 6 heterocycles. The monoisotopic (exact) mass is 694 g/mol. The number of aromatic nitrogens is 6. The first-order chi connectivity index (χ1) is 25.1. The van der Waals surface area contributed by atoms with E-state index in [4.69, 9.17) is 8.83 Å². The average Bonchev–Trinajstić information content (AvgIpc) is 3.71. The fourth-order valence-electron chi connectivity index (χ4n) is 5.87. The van der Waals surface area contributed by atoms with Crippen LogP contribution in [0.3, 0.4) is 0 Å². The lowest BCUT2D eigenvalue weighted by Crippen LogP contribution is -2.28. The zero-order chi connectivity index (χ0) is 36.2. The second kappa shape index (κ2) is 14.3. The summed E-state index contributed by atoms with van der Waals surface area (Å²) in [5.74, 6) is 9.68. The van der Waals surface area contributed by atoms with Crippen LogP contribution in [0.1, 0.15) is 88.4 Å². The molecule has 0 saturated heterocycles. The van der Waals surface area contributed by atoms with Crippen molar-refractivity contribution >= 4 is 11.6 Å². The van der Waals surface area contributed by atoms with Gasteiger partial charge in [0.1, 0.15) is 11.4 Å². The minimum atomic E-state index is -0.738. The number of carbonyl (C=O) groups is 2. The highest BCUT2D eigenvalue weighted by Gasteiger charge is 2.31. The molecule has 8 rings (SSSR count). The zero-order valence-electron chi connectivity index (χ0n) is 28.0. The maximum Gasteiger partial charge on any atom is 0.276 e. The molecule has 0 saturated carbocycles. The Morgan fingerprint density at radius 3 is 1.71 bits per heavy atom. The predicted octanol–water partition coefficient (Wildman–Crippen LogP) is 7.02. The third kappa shape index (κ3) is 7.57. The van der Waals surface area contributed by atoms with Crippen LogP contribution in [0.5, 0.6) is 0 Å². The van der Waals surface area contributed by atoms with Gasteiger partial charge in [0.15, 0.2) is 23.1 Å². The normalized spacial score (nSPS) is 14.1. The van der Waals surface area contributed by atoms with Crippen molar-refractivity contribution in [1.82, 2.24) is 29.9 Å². The number of oxazole rings is 2. The van der Waals surface area contributed by atoms with E-state index in [0.29, 0.717) is 52.9 Å². The summed E-state index contributed by atoms with van der Waals surface area (Å²) in [5, 5.41) is 0. The number of pyridine rings is 4. The van der Waals surface area contributed by atoms with Crippen LogP contribution in [0.4, 0.5) is 8.78 Å². The van der Waals surface area contributed by atoms with E-state index in [1.165, 1.54) is 12.4 Å². The van der Waals surface area contributed by atoms with Crippen molar-refractivity contribution in [3.8, 4) is 46.3 Å². The molecule has 256 valence electrons. The first kappa shape index (κ1) is 33.8. The molecule has 0 aliphatic heterocycles. The van der Waals surface area contributed by atoms with Gasteiger partial charge in [-0.15, -0.1) is 0 Å². The maximum absolute atomic E-state index is 14.0. The Bertz CT molecular complexity index is 2450. The van der Waals surface area contributed by atoms with Gasteiger partial charge in [-0.2, -0.15) is 18.7 Å². The SMILES string of the molecule is CC1(C)CC(=O)c2ccc(C#Cc3nc(F)c(-c4cccnc4)o3)nc2C1.O=C1CCCc2nc(C#Cc3nc(F)c(-c4cccnc4)o3)ccc21. The number of Topliss-reactive ketones (excluding diaryl/α,β-unsaturated/α-hetero) is 2. The highest BCUT2D eigenvalue weighted by molar-refractivity contribution is 5.99. The third-order valence-electron chi connectivity index (χ3n) is 8.27. The van der Waals surface area contributed by atoms with Gasteiger partial charge in [-0.3, -0.25) is 19.6 Å². The number of hydrogen-bond acceptors (Lipinski definition) is 10. The molecule has 0 fully saturated rings.